The molecule has 1 saturated heterocycles. The number of hydrogen-bond donors (Lipinski definition) is 1. The fourth-order valence-corrected chi connectivity index (χ4v) is 5.07. The minimum atomic E-state index is -4.67. The average molecular weight is 499 g/mol. The molecule has 3 rings (SSSR count). The van der Waals surface area contributed by atoms with E-state index in [9.17, 15) is 31.2 Å². The van der Waals surface area contributed by atoms with Crippen LogP contribution in [-0.4, -0.2) is 43.8 Å². The Morgan fingerprint density at radius 3 is 2.15 bits per heavy atom. The summed E-state index contributed by atoms with van der Waals surface area (Å²) in [5.74, 6) is -1.85. The average Bonchev–Trinajstić information content (AvgIpc) is 3.09. The van der Waals surface area contributed by atoms with Gasteiger partial charge in [0.15, 0.2) is 6.10 Å². The fourth-order valence-electron chi connectivity index (χ4n) is 3.55. The number of nitrogens with one attached hydrogen (secondary N) is 1. The predicted molar refractivity (Wildman–Crippen MR) is 119 cm³/mol. The molecule has 1 aliphatic heterocycles. The highest BCUT2D eigenvalue weighted by molar-refractivity contribution is 7.89. The lowest BCUT2D eigenvalue weighted by atomic mass is 10.1. The molecular formula is C23H25F3N2O5S. The molecule has 1 fully saturated rings. The Bertz CT molecular complexity index is 1130. The standard InChI is InChI=1S/C23H25F3N2O5S/c1-16(21(29)27-20-9-5-4-8-19(20)23(24,25)26)33-22(30)17-10-12-18(13-11-17)34(31,32)28-14-6-2-3-7-15-28/h4-5,8-13,16H,2-3,6-7,14-15H2,1H3,(H,27,29). The molecule has 0 aromatic heterocycles. The summed E-state index contributed by atoms with van der Waals surface area (Å²) in [6.07, 6.45) is -2.53. The molecule has 1 unspecified atom stereocenters. The van der Waals surface area contributed by atoms with Gasteiger partial charge in [0.1, 0.15) is 0 Å². The first-order valence-electron chi connectivity index (χ1n) is 10.8. The summed E-state index contributed by atoms with van der Waals surface area (Å²) < 4.78 is 71.5. The number of amides is 1. The highest BCUT2D eigenvalue weighted by Gasteiger charge is 2.34. The van der Waals surface area contributed by atoms with Gasteiger partial charge in [0, 0.05) is 13.1 Å². The van der Waals surface area contributed by atoms with Crippen LogP contribution in [0.2, 0.25) is 0 Å². The van der Waals surface area contributed by atoms with Crippen molar-refractivity contribution >= 4 is 27.6 Å². The zero-order chi connectivity index (χ0) is 24.9. The molecule has 2 aromatic carbocycles. The molecule has 1 N–H and O–H groups in total. The zero-order valence-corrected chi connectivity index (χ0v) is 19.3. The number of sulfonamides is 1. The maximum absolute atomic E-state index is 13.1. The second kappa shape index (κ2) is 10.6. The molecule has 1 amide bonds. The number of nitrogens with zero attached hydrogens (tertiary/aromatic N) is 1. The monoisotopic (exact) mass is 498 g/mol. The Kier molecular flexibility index (Phi) is 7.98. The summed E-state index contributed by atoms with van der Waals surface area (Å²) in [5, 5.41) is 2.12. The third kappa shape index (κ3) is 6.15. The van der Waals surface area contributed by atoms with Crippen molar-refractivity contribution in [3.8, 4) is 0 Å². The lowest BCUT2D eigenvalue weighted by Crippen LogP contribution is -2.32. The van der Waals surface area contributed by atoms with Gasteiger partial charge < -0.3 is 10.1 Å². The summed E-state index contributed by atoms with van der Waals surface area (Å²) in [7, 11) is -3.69. The SMILES string of the molecule is CC(OC(=O)c1ccc(S(=O)(=O)N2CCCCCC2)cc1)C(=O)Nc1ccccc1C(F)(F)F. The molecule has 11 heteroatoms. The van der Waals surface area contributed by atoms with Crippen molar-refractivity contribution < 1.29 is 35.9 Å². The number of rotatable bonds is 6. The van der Waals surface area contributed by atoms with E-state index in [0.717, 1.165) is 37.8 Å². The van der Waals surface area contributed by atoms with Gasteiger partial charge in [0.2, 0.25) is 10.0 Å². The highest BCUT2D eigenvalue weighted by Crippen LogP contribution is 2.34. The number of carbonyl (C=O) groups excluding carboxylic acids is 2. The summed E-state index contributed by atoms with van der Waals surface area (Å²) in [5.41, 5.74) is -1.47. The largest absolute Gasteiger partial charge is 0.449 e. The molecule has 0 saturated carbocycles. The van der Waals surface area contributed by atoms with Crippen LogP contribution in [0.15, 0.2) is 53.4 Å². The van der Waals surface area contributed by atoms with Crippen LogP contribution in [0.25, 0.3) is 0 Å². The predicted octanol–water partition coefficient (Wildman–Crippen LogP) is 4.45. The molecule has 184 valence electrons. The maximum Gasteiger partial charge on any atom is 0.418 e. The van der Waals surface area contributed by atoms with Gasteiger partial charge in [-0.3, -0.25) is 4.79 Å². The Hall–Kier alpha value is -2.92. The first-order chi connectivity index (χ1) is 16.0. The number of halogens is 3. The van der Waals surface area contributed by atoms with Gasteiger partial charge in [-0.05, 0) is 56.2 Å². The van der Waals surface area contributed by atoms with Crippen LogP contribution in [0.1, 0.15) is 48.5 Å². The van der Waals surface area contributed by atoms with Gasteiger partial charge in [-0.1, -0.05) is 25.0 Å². The van der Waals surface area contributed by atoms with Gasteiger partial charge in [-0.2, -0.15) is 17.5 Å². The molecule has 7 nitrogen and oxygen atoms in total. The van der Waals surface area contributed by atoms with E-state index in [1.54, 1.807) is 0 Å². The first kappa shape index (κ1) is 25.7. The molecule has 34 heavy (non-hydrogen) atoms. The summed E-state index contributed by atoms with van der Waals surface area (Å²) in [4.78, 5) is 24.8. The van der Waals surface area contributed by atoms with Gasteiger partial charge in [-0.25, -0.2) is 13.2 Å². The third-order valence-electron chi connectivity index (χ3n) is 5.44. The van der Waals surface area contributed by atoms with E-state index < -0.39 is 45.4 Å². The number of para-hydroxylation sites is 1. The molecule has 2 aromatic rings. The van der Waals surface area contributed by atoms with E-state index in [2.05, 4.69) is 5.32 Å². The maximum atomic E-state index is 13.1. The van der Waals surface area contributed by atoms with Crippen molar-refractivity contribution in [1.82, 2.24) is 4.31 Å². The van der Waals surface area contributed by atoms with Gasteiger partial charge in [0.05, 0.1) is 21.7 Å². The number of esters is 1. The Labute approximate surface area is 196 Å². The number of alkyl halides is 3. The minimum Gasteiger partial charge on any atom is -0.449 e. The second-order valence-corrected chi connectivity index (χ2v) is 9.86. The Morgan fingerprint density at radius 2 is 1.56 bits per heavy atom. The smallest absolute Gasteiger partial charge is 0.418 e. The van der Waals surface area contributed by atoms with Crippen LogP contribution < -0.4 is 5.32 Å². The number of hydrogen-bond acceptors (Lipinski definition) is 5. The van der Waals surface area contributed by atoms with Crippen molar-refractivity contribution in [2.45, 2.75) is 49.8 Å². The minimum absolute atomic E-state index is 0.00478. The molecule has 1 aliphatic rings. The van der Waals surface area contributed by atoms with E-state index in [0.29, 0.717) is 13.1 Å². The lowest BCUT2D eigenvalue weighted by Gasteiger charge is -2.20. The van der Waals surface area contributed by atoms with E-state index >= 15 is 0 Å². The van der Waals surface area contributed by atoms with Crippen LogP contribution in [0.4, 0.5) is 18.9 Å². The van der Waals surface area contributed by atoms with Gasteiger partial charge in [0.25, 0.3) is 5.91 Å². The van der Waals surface area contributed by atoms with Gasteiger partial charge >= 0.3 is 12.1 Å². The van der Waals surface area contributed by atoms with Crippen LogP contribution in [0.3, 0.4) is 0 Å². The topological polar surface area (TPSA) is 92.8 Å². The van der Waals surface area contributed by atoms with Crippen LogP contribution in [0, 0.1) is 0 Å². The molecule has 1 heterocycles. The fraction of sp³-hybridized carbons (Fsp3) is 0.391. The van der Waals surface area contributed by atoms with Crippen LogP contribution in [0.5, 0.6) is 0 Å². The normalized spacial score (nSPS) is 16.4. The third-order valence-corrected chi connectivity index (χ3v) is 7.35. The molecule has 0 bridgehead atoms. The summed E-state index contributed by atoms with van der Waals surface area (Å²) in [6, 6.07) is 9.59. The van der Waals surface area contributed by atoms with Crippen molar-refractivity contribution in [3.05, 3.63) is 59.7 Å². The van der Waals surface area contributed by atoms with E-state index in [4.69, 9.17) is 4.74 Å². The number of carbonyl (C=O) groups is 2. The second-order valence-electron chi connectivity index (χ2n) is 7.92. The van der Waals surface area contributed by atoms with Gasteiger partial charge in [-0.15, -0.1) is 0 Å². The van der Waals surface area contributed by atoms with E-state index in [1.165, 1.54) is 47.6 Å². The molecule has 0 aliphatic carbocycles. The van der Waals surface area contributed by atoms with Crippen molar-refractivity contribution in [2.75, 3.05) is 18.4 Å². The molecule has 1 atom stereocenters. The number of ether oxygens (including phenoxy) is 1. The van der Waals surface area contributed by atoms with Crippen molar-refractivity contribution in [3.63, 3.8) is 0 Å². The number of benzene rings is 2. The quantitative estimate of drug-likeness (QED) is 0.594. The summed E-state index contributed by atoms with van der Waals surface area (Å²) >= 11 is 0. The Balaban J connectivity index is 1.65. The molecular weight excluding hydrogens is 473 g/mol. The lowest BCUT2D eigenvalue weighted by molar-refractivity contribution is -0.137. The first-order valence-corrected chi connectivity index (χ1v) is 12.2. The molecule has 0 spiro atoms. The Morgan fingerprint density at radius 1 is 0.971 bits per heavy atom. The van der Waals surface area contributed by atoms with Crippen LogP contribution in [-0.2, 0) is 25.7 Å². The van der Waals surface area contributed by atoms with E-state index in [1.807, 2.05) is 0 Å². The van der Waals surface area contributed by atoms with Crippen molar-refractivity contribution in [1.29, 1.82) is 0 Å². The van der Waals surface area contributed by atoms with Crippen LogP contribution >= 0.6 is 0 Å². The highest BCUT2D eigenvalue weighted by atomic mass is 32.2. The summed E-state index contributed by atoms with van der Waals surface area (Å²) in [6.45, 7) is 2.11. The van der Waals surface area contributed by atoms with E-state index in [-0.39, 0.29) is 10.5 Å². The number of anilines is 1. The zero-order valence-electron chi connectivity index (χ0n) is 18.5. The molecule has 0 radical (unpaired) electrons. The van der Waals surface area contributed by atoms with Crippen molar-refractivity contribution in [2.24, 2.45) is 0 Å².